The predicted molar refractivity (Wildman–Crippen MR) is 71.7 cm³/mol. The van der Waals surface area contributed by atoms with Crippen LogP contribution < -0.4 is 10.2 Å². The molecule has 1 heterocycles. The molecule has 5 heteroatoms. The van der Waals surface area contributed by atoms with E-state index in [1.807, 2.05) is 24.3 Å². The van der Waals surface area contributed by atoms with Gasteiger partial charge in [0.2, 0.25) is 0 Å². The van der Waals surface area contributed by atoms with Gasteiger partial charge in [0.1, 0.15) is 0 Å². The molecule has 1 N–H and O–H groups in total. The van der Waals surface area contributed by atoms with Crippen LogP contribution in [-0.2, 0) is 0 Å². The van der Waals surface area contributed by atoms with Gasteiger partial charge >= 0.3 is 6.18 Å². The van der Waals surface area contributed by atoms with Crippen LogP contribution in [0.4, 0.5) is 24.5 Å². The van der Waals surface area contributed by atoms with Gasteiger partial charge in [-0.15, -0.1) is 0 Å². The Bertz CT molecular complexity index is 381. The Kier molecular flexibility index (Phi) is 4.56. The summed E-state index contributed by atoms with van der Waals surface area (Å²) < 4.78 is 35.9. The van der Waals surface area contributed by atoms with Gasteiger partial charge in [0.15, 0.2) is 0 Å². The highest BCUT2D eigenvalue weighted by Gasteiger charge is 2.25. The third kappa shape index (κ3) is 4.65. The fraction of sp³-hybridized carbons (Fsp3) is 0.571. The van der Waals surface area contributed by atoms with Gasteiger partial charge in [0.05, 0.1) is 0 Å². The van der Waals surface area contributed by atoms with Crippen molar-refractivity contribution in [1.29, 1.82) is 0 Å². The van der Waals surface area contributed by atoms with Gasteiger partial charge in [-0.1, -0.05) is 0 Å². The van der Waals surface area contributed by atoms with Crippen molar-refractivity contribution >= 4 is 11.4 Å². The first-order valence-electron chi connectivity index (χ1n) is 6.70. The van der Waals surface area contributed by atoms with E-state index in [0.29, 0.717) is 6.54 Å². The number of nitrogens with one attached hydrogen (secondary N) is 1. The van der Waals surface area contributed by atoms with Crippen molar-refractivity contribution < 1.29 is 13.2 Å². The molecule has 0 amide bonds. The second-order valence-electron chi connectivity index (χ2n) is 4.89. The predicted octanol–water partition coefficient (Wildman–Crippen LogP) is 4.04. The number of rotatable bonds is 5. The highest BCUT2D eigenvalue weighted by Crippen LogP contribution is 2.23. The van der Waals surface area contributed by atoms with Crippen LogP contribution in [0.1, 0.15) is 25.7 Å². The summed E-state index contributed by atoms with van der Waals surface area (Å²) in [7, 11) is 0. The van der Waals surface area contributed by atoms with Crippen molar-refractivity contribution in [2.24, 2.45) is 0 Å². The number of hydrogen-bond donors (Lipinski definition) is 1. The maximum absolute atomic E-state index is 12.0. The van der Waals surface area contributed by atoms with E-state index >= 15 is 0 Å². The minimum absolute atomic E-state index is 0.109. The first kappa shape index (κ1) is 14.0. The fourth-order valence-corrected chi connectivity index (χ4v) is 2.29. The Morgan fingerprint density at radius 2 is 1.68 bits per heavy atom. The molecule has 0 bridgehead atoms. The Balaban J connectivity index is 1.75. The van der Waals surface area contributed by atoms with E-state index in [2.05, 4.69) is 10.2 Å². The van der Waals surface area contributed by atoms with E-state index in [4.69, 9.17) is 0 Å². The molecule has 0 aliphatic carbocycles. The number of benzene rings is 1. The second kappa shape index (κ2) is 6.17. The molecule has 1 saturated heterocycles. The molecule has 1 aliphatic heterocycles. The molecule has 2 rings (SSSR count). The van der Waals surface area contributed by atoms with Crippen LogP contribution in [0.2, 0.25) is 0 Å². The lowest BCUT2D eigenvalue weighted by Gasteiger charge is -2.18. The summed E-state index contributed by atoms with van der Waals surface area (Å²) in [5.74, 6) is 0. The van der Waals surface area contributed by atoms with Crippen LogP contribution in [0.3, 0.4) is 0 Å². The van der Waals surface area contributed by atoms with Gasteiger partial charge in [-0.05, 0) is 43.5 Å². The lowest BCUT2D eigenvalue weighted by molar-refractivity contribution is -0.134. The Morgan fingerprint density at radius 1 is 1.05 bits per heavy atom. The summed E-state index contributed by atoms with van der Waals surface area (Å²) in [5.41, 5.74) is 2.07. The van der Waals surface area contributed by atoms with E-state index in [-0.39, 0.29) is 6.42 Å². The topological polar surface area (TPSA) is 15.3 Å². The van der Waals surface area contributed by atoms with E-state index < -0.39 is 12.6 Å². The van der Waals surface area contributed by atoms with Gasteiger partial charge < -0.3 is 10.2 Å². The maximum Gasteiger partial charge on any atom is 0.389 e. The highest BCUT2D eigenvalue weighted by atomic mass is 19.4. The lowest BCUT2D eigenvalue weighted by atomic mass is 10.2. The molecule has 0 unspecified atom stereocenters. The minimum Gasteiger partial charge on any atom is -0.385 e. The molecule has 106 valence electrons. The Labute approximate surface area is 111 Å². The average molecular weight is 272 g/mol. The van der Waals surface area contributed by atoms with E-state index in [0.717, 1.165) is 18.8 Å². The molecular formula is C14H19F3N2. The summed E-state index contributed by atoms with van der Waals surface area (Å²) in [6, 6.07) is 7.91. The van der Waals surface area contributed by atoms with Crippen LogP contribution in [0, 0.1) is 0 Å². The van der Waals surface area contributed by atoms with Gasteiger partial charge in [0, 0.05) is 37.4 Å². The first-order valence-corrected chi connectivity index (χ1v) is 6.70. The van der Waals surface area contributed by atoms with Crippen molar-refractivity contribution in [2.45, 2.75) is 31.9 Å². The summed E-state index contributed by atoms with van der Waals surface area (Å²) in [6.45, 7) is 2.54. The van der Waals surface area contributed by atoms with Crippen LogP contribution >= 0.6 is 0 Å². The molecule has 1 aromatic carbocycles. The molecule has 0 saturated carbocycles. The Hall–Kier alpha value is -1.39. The highest BCUT2D eigenvalue weighted by molar-refractivity contribution is 5.55. The normalized spacial score (nSPS) is 15.8. The molecule has 1 aliphatic rings. The number of anilines is 2. The molecule has 1 fully saturated rings. The molecule has 2 nitrogen and oxygen atoms in total. The van der Waals surface area contributed by atoms with Crippen molar-refractivity contribution in [3.8, 4) is 0 Å². The largest absolute Gasteiger partial charge is 0.389 e. The van der Waals surface area contributed by atoms with Crippen LogP contribution in [0.5, 0.6) is 0 Å². The maximum atomic E-state index is 12.0. The second-order valence-corrected chi connectivity index (χ2v) is 4.89. The van der Waals surface area contributed by atoms with Gasteiger partial charge in [-0.25, -0.2) is 0 Å². The molecule has 0 radical (unpaired) electrons. The van der Waals surface area contributed by atoms with Crippen molar-refractivity contribution in [1.82, 2.24) is 0 Å². The third-order valence-electron chi connectivity index (χ3n) is 3.30. The molecule has 0 aromatic heterocycles. The van der Waals surface area contributed by atoms with Crippen molar-refractivity contribution in [3.05, 3.63) is 24.3 Å². The Morgan fingerprint density at radius 3 is 2.26 bits per heavy atom. The van der Waals surface area contributed by atoms with Crippen molar-refractivity contribution in [2.75, 3.05) is 29.9 Å². The molecule has 19 heavy (non-hydrogen) atoms. The fourth-order valence-electron chi connectivity index (χ4n) is 2.29. The zero-order valence-electron chi connectivity index (χ0n) is 10.8. The van der Waals surface area contributed by atoms with Crippen molar-refractivity contribution in [3.63, 3.8) is 0 Å². The smallest absolute Gasteiger partial charge is 0.385 e. The van der Waals surface area contributed by atoms with Crippen LogP contribution in [0.25, 0.3) is 0 Å². The van der Waals surface area contributed by atoms with Gasteiger partial charge in [-0.3, -0.25) is 0 Å². The third-order valence-corrected chi connectivity index (χ3v) is 3.30. The van der Waals surface area contributed by atoms with E-state index in [1.165, 1.54) is 18.5 Å². The molecule has 1 aromatic rings. The monoisotopic (exact) mass is 272 g/mol. The van der Waals surface area contributed by atoms with Gasteiger partial charge in [-0.2, -0.15) is 13.2 Å². The molecule has 0 spiro atoms. The summed E-state index contributed by atoms with van der Waals surface area (Å²) in [4.78, 5) is 2.33. The number of alkyl halides is 3. The van der Waals surface area contributed by atoms with Crippen LogP contribution in [-0.4, -0.2) is 25.8 Å². The summed E-state index contributed by atoms with van der Waals surface area (Å²) in [5, 5.41) is 3.02. The summed E-state index contributed by atoms with van der Waals surface area (Å²) in [6.07, 6.45) is -2.21. The average Bonchev–Trinajstić information content (AvgIpc) is 2.88. The van der Waals surface area contributed by atoms with E-state index in [9.17, 15) is 13.2 Å². The summed E-state index contributed by atoms with van der Waals surface area (Å²) >= 11 is 0. The quantitative estimate of drug-likeness (QED) is 0.814. The number of halogens is 3. The van der Waals surface area contributed by atoms with Gasteiger partial charge in [0.25, 0.3) is 0 Å². The zero-order valence-corrected chi connectivity index (χ0v) is 10.8. The molecular weight excluding hydrogens is 253 g/mol. The zero-order chi connectivity index (χ0) is 13.7. The first-order chi connectivity index (χ1) is 9.04. The molecule has 0 atom stereocenters. The lowest BCUT2D eigenvalue weighted by Crippen LogP contribution is -2.17. The minimum atomic E-state index is -4.05. The SMILES string of the molecule is FC(F)(F)CCCNc1ccc(N2CCCC2)cc1. The van der Waals surface area contributed by atoms with E-state index in [1.54, 1.807) is 0 Å². The standard InChI is InChI=1S/C14H19F3N2/c15-14(16,17)8-3-9-18-12-4-6-13(7-5-12)19-10-1-2-11-19/h4-7,18H,1-3,8-11H2. The number of hydrogen-bond acceptors (Lipinski definition) is 2. The number of nitrogens with zero attached hydrogens (tertiary/aromatic N) is 1. The van der Waals surface area contributed by atoms with Crippen LogP contribution in [0.15, 0.2) is 24.3 Å².